The van der Waals surface area contributed by atoms with Crippen LogP contribution in [0.15, 0.2) is 24.3 Å². The first-order valence-electron chi connectivity index (χ1n) is 5.59. The van der Waals surface area contributed by atoms with Crippen molar-refractivity contribution in [3.8, 4) is 0 Å². The van der Waals surface area contributed by atoms with Crippen LogP contribution in [-0.2, 0) is 4.79 Å². The Bertz CT molecular complexity index is 481. The summed E-state index contributed by atoms with van der Waals surface area (Å²) in [6.07, 6.45) is 2.54. The molecule has 0 aliphatic rings. The molecule has 0 radical (unpaired) electrons. The molecule has 96 valence electrons. The Kier molecular flexibility index (Phi) is 4.92. The zero-order valence-electron chi connectivity index (χ0n) is 10.4. The zero-order chi connectivity index (χ0) is 13.5. The molecule has 5 heteroatoms. The predicted octanol–water partition coefficient (Wildman–Crippen LogP) is 2.23. The van der Waals surface area contributed by atoms with Gasteiger partial charge in [0.2, 0.25) is 0 Å². The second-order valence-corrected chi connectivity index (χ2v) is 3.79. The number of carbonyl (C=O) groups is 2. The average Bonchev–Trinajstić information content (AvgIpc) is 2.25. The van der Waals surface area contributed by atoms with Crippen molar-refractivity contribution in [2.24, 2.45) is 0 Å². The van der Waals surface area contributed by atoms with E-state index in [1.54, 1.807) is 6.07 Å². The van der Waals surface area contributed by atoms with Crippen molar-refractivity contribution in [2.45, 2.75) is 13.8 Å². The molecule has 0 aliphatic heterocycles. The molecule has 0 aliphatic carbocycles. The van der Waals surface area contributed by atoms with Crippen molar-refractivity contribution in [3.05, 3.63) is 35.4 Å². The molecular weight excluding hydrogens is 232 g/mol. The Morgan fingerprint density at radius 2 is 2.06 bits per heavy atom. The Labute approximate surface area is 106 Å². The summed E-state index contributed by atoms with van der Waals surface area (Å²) in [5.74, 6) is -1.00. The van der Waals surface area contributed by atoms with Gasteiger partial charge in [-0.1, -0.05) is 6.07 Å². The van der Waals surface area contributed by atoms with Gasteiger partial charge in [0.25, 0.3) is 0 Å². The minimum absolute atomic E-state index is 0.281. The molecule has 0 bridgehead atoms. The topological polar surface area (TPSA) is 78.4 Å². The smallest absolute Gasteiger partial charge is 0.328 e. The first kappa shape index (κ1) is 13.8. The number of carbonyl (C=O) groups excluding carboxylic acids is 1. The molecule has 0 saturated carbocycles. The molecular formula is C13H16N2O3. The summed E-state index contributed by atoms with van der Waals surface area (Å²) in [4.78, 5) is 21.8. The van der Waals surface area contributed by atoms with Crippen LogP contribution in [0, 0.1) is 6.92 Å². The van der Waals surface area contributed by atoms with Crippen LogP contribution >= 0.6 is 0 Å². The third kappa shape index (κ3) is 4.69. The highest BCUT2D eigenvalue weighted by atomic mass is 16.4. The van der Waals surface area contributed by atoms with E-state index in [0.29, 0.717) is 12.2 Å². The van der Waals surface area contributed by atoms with Crippen LogP contribution in [0.3, 0.4) is 0 Å². The number of nitrogens with one attached hydrogen (secondary N) is 2. The molecule has 1 aromatic carbocycles. The van der Waals surface area contributed by atoms with Crippen LogP contribution in [0.2, 0.25) is 0 Å². The highest BCUT2D eigenvalue weighted by Crippen LogP contribution is 2.15. The Morgan fingerprint density at radius 3 is 2.67 bits per heavy atom. The quantitative estimate of drug-likeness (QED) is 0.715. The molecule has 1 rings (SSSR count). The summed E-state index contributed by atoms with van der Waals surface area (Å²) in [6, 6.07) is 5.08. The lowest BCUT2D eigenvalue weighted by atomic mass is 10.1. The predicted molar refractivity (Wildman–Crippen MR) is 70.5 cm³/mol. The lowest BCUT2D eigenvalue weighted by molar-refractivity contribution is -0.131. The van der Waals surface area contributed by atoms with Crippen molar-refractivity contribution < 1.29 is 14.7 Å². The minimum Gasteiger partial charge on any atom is -0.478 e. The van der Waals surface area contributed by atoms with Gasteiger partial charge in [-0.25, -0.2) is 9.59 Å². The summed E-state index contributed by atoms with van der Waals surface area (Å²) in [7, 11) is 0. The van der Waals surface area contributed by atoms with Gasteiger partial charge in [0, 0.05) is 18.3 Å². The summed E-state index contributed by atoms with van der Waals surface area (Å²) in [5.41, 5.74) is 2.30. The van der Waals surface area contributed by atoms with Crippen LogP contribution in [0.5, 0.6) is 0 Å². The molecule has 0 unspecified atom stereocenters. The van der Waals surface area contributed by atoms with Crippen LogP contribution in [0.4, 0.5) is 10.5 Å². The Morgan fingerprint density at radius 1 is 1.33 bits per heavy atom. The van der Waals surface area contributed by atoms with E-state index in [1.807, 2.05) is 26.0 Å². The third-order valence-electron chi connectivity index (χ3n) is 2.11. The molecule has 18 heavy (non-hydrogen) atoms. The maximum atomic E-state index is 11.4. The summed E-state index contributed by atoms with van der Waals surface area (Å²) < 4.78 is 0. The normalized spacial score (nSPS) is 10.3. The molecule has 0 aromatic heterocycles. The van der Waals surface area contributed by atoms with E-state index < -0.39 is 5.97 Å². The van der Waals surface area contributed by atoms with E-state index in [-0.39, 0.29) is 6.03 Å². The van der Waals surface area contributed by atoms with E-state index in [0.717, 1.165) is 17.2 Å². The first-order valence-corrected chi connectivity index (χ1v) is 5.59. The van der Waals surface area contributed by atoms with E-state index in [9.17, 15) is 9.59 Å². The second-order valence-electron chi connectivity index (χ2n) is 3.79. The molecule has 0 spiro atoms. The zero-order valence-corrected chi connectivity index (χ0v) is 10.4. The van der Waals surface area contributed by atoms with Gasteiger partial charge in [0.05, 0.1) is 0 Å². The number of amides is 2. The van der Waals surface area contributed by atoms with Crippen LogP contribution in [0.1, 0.15) is 18.1 Å². The van der Waals surface area contributed by atoms with Crippen molar-refractivity contribution in [1.29, 1.82) is 0 Å². The highest BCUT2D eigenvalue weighted by molar-refractivity contribution is 5.90. The number of anilines is 1. The number of rotatable bonds is 4. The van der Waals surface area contributed by atoms with Gasteiger partial charge in [-0.05, 0) is 43.2 Å². The Balaban J connectivity index is 2.87. The van der Waals surface area contributed by atoms with Crippen LogP contribution in [0.25, 0.3) is 6.08 Å². The lowest BCUT2D eigenvalue weighted by Crippen LogP contribution is -2.28. The van der Waals surface area contributed by atoms with Gasteiger partial charge in [-0.3, -0.25) is 0 Å². The SMILES string of the molecule is CCNC(=O)Nc1cc(C)cc(/C=C/C(=O)O)c1. The molecule has 0 heterocycles. The van der Waals surface area contributed by atoms with Gasteiger partial charge in [-0.2, -0.15) is 0 Å². The molecule has 5 nitrogen and oxygen atoms in total. The van der Waals surface area contributed by atoms with Crippen LogP contribution in [-0.4, -0.2) is 23.7 Å². The van der Waals surface area contributed by atoms with Gasteiger partial charge in [0.1, 0.15) is 0 Å². The number of benzene rings is 1. The maximum absolute atomic E-state index is 11.4. The molecule has 0 atom stereocenters. The van der Waals surface area contributed by atoms with Crippen LogP contribution < -0.4 is 10.6 Å². The fourth-order valence-electron chi connectivity index (χ4n) is 1.48. The number of hydrogen-bond acceptors (Lipinski definition) is 2. The fourth-order valence-corrected chi connectivity index (χ4v) is 1.48. The maximum Gasteiger partial charge on any atom is 0.328 e. The molecule has 1 aromatic rings. The van der Waals surface area contributed by atoms with Gasteiger partial charge in [-0.15, -0.1) is 0 Å². The van der Waals surface area contributed by atoms with E-state index >= 15 is 0 Å². The fraction of sp³-hybridized carbons (Fsp3) is 0.231. The number of aliphatic carboxylic acids is 1. The summed E-state index contributed by atoms with van der Waals surface area (Å²) in [6.45, 7) is 4.25. The third-order valence-corrected chi connectivity index (χ3v) is 2.11. The standard InChI is InChI=1S/C13H16N2O3/c1-3-14-13(18)15-11-7-9(2)6-10(8-11)4-5-12(16)17/h4-8H,3H2,1-2H3,(H,16,17)(H2,14,15,18)/b5-4+. The van der Waals surface area contributed by atoms with Crippen molar-refractivity contribution in [3.63, 3.8) is 0 Å². The number of hydrogen-bond donors (Lipinski definition) is 3. The second kappa shape index (κ2) is 6.44. The summed E-state index contributed by atoms with van der Waals surface area (Å²) >= 11 is 0. The molecule has 0 saturated heterocycles. The van der Waals surface area contributed by atoms with E-state index in [2.05, 4.69) is 10.6 Å². The van der Waals surface area contributed by atoms with Gasteiger partial charge >= 0.3 is 12.0 Å². The monoisotopic (exact) mass is 248 g/mol. The van der Waals surface area contributed by atoms with Gasteiger partial charge < -0.3 is 15.7 Å². The number of carboxylic acid groups (broad SMARTS) is 1. The largest absolute Gasteiger partial charge is 0.478 e. The van der Waals surface area contributed by atoms with E-state index in [1.165, 1.54) is 6.08 Å². The molecule has 3 N–H and O–H groups in total. The van der Waals surface area contributed by atoms with Crippen molar-refractivity contribution >= 4 is 23.8 Å². The molecule has 0 fully saturated rings. The number of urea groups is 1. The van der Waals surface area contributed by atoms with Crippen molar-refractivity contribution in [2.75, 3.05) is 11.9 Å². The van der Waals surface area contributed by atoms with Crippen molar-refractivity contribution in [1.82, 2.24) is 5.32 Å². The minimum atomic E-state index is -1.00. The van der Waals surface area contributed by atoms with Gasteiger partial charge in [0.15, 0.2) is 0 Å². The highest BCUT2D eigenvalue weighted by Gasteiger charge is 2.01. The number of aryl methyl sites for hydroxylation is 1. The average molecular weight is 248 g/mol. The summed E-state index contributed by atoms with van der Waals surface area (Å²) in [5, 5.41) is 13.9. The first-order chi connectivity index (χ1) is 8.51. The lowest BCUT2D eigenvalue weighted by Gasteiger charge is -2.08. The number of carboxylic acids is 1. The molecule has 2 amide bonds. The van der Waals surface area contributed by atoms with E-state index in [4.69, 9.17) is 5.11 Å². The Hall–Kier alpha value is -2.30.